The number of sulfone groups is 1. The van der Waals surface area contributed by atoms with Gasteiger partial charge in [-0.2, -0.15) is 0 Å². The minimum atomic E-state index is -3.73. The number of benzene rings is 2. The summed E-state index contributed by atoms with van der Waals surface area (Å²) >= 11 is 6.61. The van der Waals surface area contributed by atoms with Crippen LogP contribution in [-0.2, 0) is 9.84 Å². The molecule has 0 unspecified atom stereocenters. The number of rotatable bonds is 4. The molecule has 0 radical (unpaired) electrons. The summed E-state index contributed by atoms with van der Waals surface area (Å²) in [5.74, 6) is -0.983. The topological polar surface area (TPSA) is 63.2 Å². The van der Waals surface area contributed by atoms with Crippen LogP contribution in [0.5, 0.6) is 0 Å². The van der Waals surface area contributed by atoms with Crippen molar-refractivity contribution in [2.24, 2.45) is 0 Å². The normalized spacial score (nSPS) is 11.3. The Kier molecular flexibility index (Phi) is 4.89. The van der Waals surface area contributed by atoms with Crippen LogP contribution in [0, 0.1) is 5.82 Å². The Labute approximate surface area is 152 Å². The molecule has 25 heavy (non-hydrogen) atoms. The molecule has 8 heteroatoms. The maximum absolute atomic E-state index is 13.2. The zero-order valence-corrected chi connectivity index (χ0v) is 15.0. The van der Waals surface area contributed by atoms with Gasteiger partial charge in [0.1, 0.15) is 10.0 Å². The number of halogens is 2. The first-order valence-corrected chi connectivity index (χ1v) is 9.71. The van der Waals surface area contributed by atoms with E-state index >= 15 is 0 Å². The molecule has 1 N–H and O–H groups in total. The van der Waals surface area contributed by atoms with Gasteiger partial charge in [0.05, 0.1) is 9.77 Å². The molecule has 1 heterocycles. The minimum Gasteiger partial charge on any atom is -0.321 e. The van der Waals surface area contributed by atoms with E-state index in [1.54, 1.807) is 6.07 Å². The van der Waals surface area contributed by atoms with Crippen molar-refractivity contribution in [2.75, 3.05) is 5.32 Å². The van der Waals surface area contributed by atoms with Crippen molar-refractivity contribution in [1.82, 2.24) is 0 Å². The van der Waals surface area contributed by atoms with Crippen molar-refractivity contribution >= 4 is 44.4 Å². The fourth-order valence-corrected chi connectivity index (χ4v) is 4.80. The van der Waals surface area contributed by atoms with Crippen molar-refractivity contribution < 1.29 is 17.6 Å². The Morgan fingerprint density at radius 1 is 1.04 bits per heavy atom. The molecule has 2 aromatic carbocycles. The van der Waals surface area contributed by atoms with Crippen LogP contribution in [0.1, 0.15) is 9.67 Å². The molecule has 128 valence electrons. The van der Waals surface area contributed by atoms with Crippen molar-refractivity contribution in [2.45, 2.75) is 9.10 Å². The lowest BCUT2D eigenvalue weighted by Gasteiger charge is -2.03. The number of amides is 1. The summed E-state index contributed by atoms with van der Waals surface area (Å²) < 4.78 is 38.3. The molecule has 3 aromatic rings. The highest BCUT2D eigenvalue weighted by atomic mass is 35.5. The average molecular weight is 396 g/mol. The molecule has 0 aliphatic heterocycles. The highest BCUT2D eigenvalue weighted by Gasteiger charge is 2.21. The van der Waals surface area contributed by atoms with Gasteiger partial charge in [0.15, 0.2) is 0 Å². The van der Waals surface area contributed by atoms with Crippen molar-refractivity contribution in [3.05, 3.63) is 76.4 Å². The number of carbonyl (C=O) groups excluding carboxylic acids is 1. The fraction of sp³-hybridized carbons (Fsp3) is 0. The van der Waals surface area contributed by atoms with E-state index in [1.165, 1.54) is 54.6 Å². The molecule has 0 saturated heterocycles. The zero-order chi connectivity index (χ0) is 18.0. The van der Waals surface area contributed by atoms with Crippen molar-refractivity contribution in [3.8, 4) is 0 Å². The third-order valence-corrected chi connectivity index (χ3v) is 6.87. The second-order valence-electron chi connectivity index (χ2n) is 5.04. The molecular formula is C17H11ClFNO3S2. The van der Waals surface area contributed by atoms with Crippen LogP contribution < -0.4 is 5.32 Å². The molecule has 0 bridgehead atoms. The highest BCUT2D eigenvalue weighted by molar-refractivity contribution is 7.93. The lowest BCUT2D eigenvalue weighted by atomic mass is 10.3. The molecule has 0 saturated carbocycles. The zero-order valence-electron chi connectivity index (χ0n) is 12.6. The summed E-state index contributed by atoms with van der Waals surface area (Å²) in [5.41, 5.74) is 0.292. The van der Waals surface area contributed by atoms with E-state index in [0.717, 1.165) is 11.3 Å². The van der Waals surface area contributed by atoms with Crippen LogP contribution in [-0.4, -0.2) is 14.3 Å². The highest BCUT2D eigenvalue weighted by Crippen LogP contribution is 2.29. The van der Waals surface area contributed by atoms with Crippen LogP contribution in [0.4, 0.5) is 10.1 Å². The van der Waals surface area contributed by atoms with Gasteiger partial charge >= 0.3 is 0 Å². The molecule has 0 spiro atoms. The van der Waals surface area contributed by atoms with Crippen LogP contribution >= 0.6 is 22.9 Å². The van der Waals surface area contributed by atoms with E-state index in [9.17, 15) is 17.6 Å². The SMILES string of the molecule is O=C(Nc1cccc(F)c1)c1ccc(S(=O)(=O)c2ccc(Cl)cc2)s1. The van der Waals surface area contributed by atoms with Crippen molar-refractivity contribution in [1.29, 1.82) is 0 Å². The number of thiophene rings is 1. The molecule has 0 atom stereocenters. The monoisotopic (exact) mass is 395 g/mol. The summed E-state index contributed by atoms with van der Waals surface area (Å²) in [6.45, 7) is 0. The molecule has 1 aromatic heterocycles. The number of hydrogen-bond donors (Lipinski definition) is 1. The molecule has 0 fully saturated rings. The third-order valence-electron chi connectivity index (χ3n) is 3.28. The van der Waals surface area contributed by atoms with E-state index in [4.69, 9.17) is 11.6 Å². The molecule has 0 aliphatic rings. The summed E-state index contributed by atoms with van der Waals surface area (Å²) in [4.78, 5) is 12.5. The average Bonchev–Trinajstić information content (AvgIpc) is 3.06. The summed E-state index contributed by atoms with van der Waals surface area (Å²) in [6.07, 6.45) is 0. The van der Waals surface area contributed by atoms with Crippen LogP contribution in [0.2, 0.25) is 5.02 Å². The Bertz CT molecular complexity index is 1030. The van der Waals surface area contributed by atoms with Crippen LogP contribution in [0.15, 0.2) is 69.8 Å². The third kappa shape index (κ3) is 3.89. The van der Waals surface area contributed by atoms with Gasteiger partial charge in [0, 0.05) is 10.7 Å². The fourth-order valence-electron chi connectivity index (χ4n) is 2.08. The predicted octanol–water partition coefficient (Wildman–Crippen LogP) is 4.63. The van der Waals surface area contributed by atoms with Gasteiger partial charge in [0.2, 0.25) is 9.84 Å². The number of carbonyl (C=O) groups is 1. The predicted molar refractivity (Wildman–Crippen MR) is 95.6 cm³/mol. The largest absolute Gasteiger partial charge is 0.321 e. The van der Waals surface area contributed by atoms with E-state index in [1.807, 2.05) is 0 Å². The van der Waals surface area contributed by atoms with Crippen molar-refractivity contribution in [3.63, 3.8) is 0 Å². The van der Waals surface area contributed by atoms with Crippen LogP contribution in [0.25, 0.3) is 0 Å². The van der Waals surface area contributed by atoms with Gasteiger partial charge in [0.25, 0.3) is 5.91 Å². The van der Waals surface area contributed by atoms with Gasteiger partial charge in [-0.05, 0) is 54.6 Å². The van der Waals surface area contributed by atoms with Gasteiger partial charge in [-0.15, -0.1) is 11.3 Å². The molecule has 4 nitrogen and oxygen atoms in total. The van der Waals surface area contributed by atoms with Gasteiger partial charge in [-0.25, -0.2) is 12.8 Å². The van der Waals surface area contributed by atoms with Gasteiger partial charge < -0.3 is 5.32 Å². The standard InChI is InChI=1S/C17H11ClFNO3S2/c18-11-4-6-14(7-5-11)25(22,23)16-9-8-15(24-16)17(21)20-13-3-1-2-12(19)10-13/h1-10H,(H,20,21). The summed E-state index contributed by atoms with van der Waals surface area (Å²) in [6, 6.07) is 14.0. The first kappa shape index (κ1) is 17.6. The summed E-state index contributed by atoms with van der Waals surface area (Å²) in [5, 5.41) is 2.96. The van der Waals surface area contributed by atoms with Gasteiger partial charge in [-0.1, -0.05) is 17.7 Å². The van der Waals surface area contributed by atoms with Crippen LogP contribution in [0.3, 0.4) is 0 Å². The number of hydrogen-bond acceptors (Lipinski definition) is 4. The Balaban J connectivity index is 1.84. The number of anilines is 1. The molecule has 0 aliphatic carbocycles. The van der Waals surface area contributed by atoms with E-state index in [0.29, 0.717) is 10.7 Å². The maximum atomic E-state index is 13.2. The smallest absolute Gasteiger partial charge is 0.265 e. The molecule has 3 rings (SSSR count). The second-order valence-corrected chi connectivity index (χ2v) is 8.74. The Morgan fingerprint density at radius 2 is 1.76 bits per heavy atom. The maximum Gasteiger partial charge on any atom is 0.265 e. The van der Waals surface area contributed by atoms with E-state index in [2.05, 4.69) is 5.32 Å². The number of nitrogens with one attached hydrogen (secondary N) is 1. The summed E-state index contributed by atoms with van der Waals surface area (Å²) in [7, 11) is -3.73. The quantitative estimate of drug-likeness (QED) is 0.700. The second kappa shape index (κ2) is 6.95. The minimum absolute atomic E-state index is 0.0409. The first-order valence-electron chi connectivity index (χ1n) is 7.04. The first-order chi connectivity index (χ1) is 11.9. The molecular weight excluding hydrogens is 385 g/mol. The van der Waals surface area contributed by atoms with E-state index in [-0.39, 0.29) is 14.0 Å². The van der Waals surface area contributed by atoms with E-state index < -0.39 is 21.6 Å². The van der Waals surface area contributed by atoms with Gasteiger partial charge in [-0.3, -0.25) is 4.79 Å². The lowest BCUT2D eigenvalue weighted by molar-refractivity contribution is 0.103. The Morgan fingerprint density at radius 3 is 2.44 bits per heavy atom. The molecule has 1 amide bonds. The Hall–Kier alpha value is -2.22. The lowest BCUT2D eigenvalue weighted by Crippen LogP contribution is -2.10.